The molecule has 1 heterocycles. The van der Waals surface area contributed by atoms with Gasteiger partial charge in [0.15, 0.2) is 0 Å². The quantitative estimate of drug-likeness (QED) is 0.538. The molecule has 0 aliphatic carbocycles. The molecule has 1 amide bonds. The number of rotatable bonds is 4. The van der Waals surface area contributed by atoms with Crippen LogP contribution in [0.25, 0.3) is 0 Å². The van der Waals surface area contributed by atoms with Crippen LogP contribution < -0.4 is 5.32 Å². The predicted molar refractivity (Wildman–Crippen MR) is 98.1 cm³/mol. The van der Waals surface area contributed by atoms with Crippen molar-refractivity contribution in [3.05, 3.63) is 94.8 Å². The lowest BCUT2D eigenvalue weighted by atomic mass is 9.97. The van der Waals surface area contributed by atoms with Gasteiger partial charge in [-0.25, -0.2) is 0 Å². The van der Waals surface area contributed by atoms with Crippen LogP contribution in [0.15, 0.2) is 66.9 Å². The minimum absolute atomic E-state index is 0.0238. The van der Waals surface area contributed by atoms with Gasteiger partial charge >= 0.3 is 12.4 Å². The maximum Gasteiger partial charge on any atom is 0.418 e. The Labute approximate surface area is 172 Å². The Kier molecular flexibility index (Phi) is 5.92. The van der Waals surface area contributed by atoms with E-state index in [-0.39, 0.29) is 16.9 Å². The molecule has 2 aromatic carbocycles. The summed E-state index contributed by atoms with van der Waals surface area (Å²) in [6.07, 6.45) is -8.35. The number of phenols is 1. The van der Waals surface area contributed by atoms with Crippen LogP contribution in [0.2, 0.25) is 0 Å². The molecular formula is C21H14F6N2O2. The number of halogens is 6. The van der Waals surface area contributed by atoms with E-state index in [1.165, 1.54) is 24.3 Å². The Morgan fingerprint density at radius 3 is 2.03 bits per heavy atom. The smallest absolute Gasteiger partial charge is 0.418 e. The van der Waals surface area contributed by atoms with Gasteiger partial charge in [0.2, 0.25) is 0 Å². The molecule has 0 aliphatic rings. The number of phenolic OH excluding ortho intramolecular Hbond substituents is 1. The van der Waals surface area contributed by atoms with Crippen molar-refractivity contribution in [2.75, 3.05) is 0 Å². The number of alkyl halides is 6. The molecule has 162 valence electrons. The number of carbonyl (C=O) groups is 1. The van der Waals surface area contributed by atoms with E-state index in [2.05, 4.69) is 10.3 Å². The van der Waals surface area contributed by atoms with Gasteiger partial charge in [0.05, 0.1) is 22.9 Å². The summed E-state index contributed by atoms with van der Waals surface area (Å²) in [7, 11) is 0. The van der Waals surface area contributed by atoms with Crippen LogP contribution in [0.3, 0.4) is 0 Å². The number of hydrogen-bond acceptors (Lipinski definition) is 3. The fourth-order valence-electron chi connectivity index (χ4n) is 2.89. The van der Waals surface area contributed by atoms with Crippen molar-refractivity contribution in [1.82, 2.24) is 10.3 Å². The molecule has 3 aromatic rings. The third-order valence-corrected chi connectivity index (χ3v) is 4.39. The molecule has 2 N–H and O–H groups in total. The van der Waals surface area contributed by atoms with Gasteiger partial charge in [-0.05, 0) is 54.1 Å². The average Bonchev–Trinajstić information content (AvgIpc) is 2.71. The summed E-state index contributed by atoms with van der Waals surface area (Å²) >= 11 is 0. The molecule has 31 heavy (non-hydrogen) atoms. The normalized spacial score (nSPS) is 13.0. The summed E-state index contributed by atoms with van der Waals surface area (Å²) in [6.45, 7) is 0. The lowest BCUT2D eigenvalue weighted by molar-refractivity contribution is -0.139. The van der Waals surface area contributed by atoms with Gasteiger partial charge in [-0.1, -0.05) is 12.1 Å². The van der Waals surface area contributed by atoms with Crippen molar-refractivity contribution in [3.8, 4) is 5.75 Å². The van der Waals surface area contributed by atoms with Crippen LogP contribution in [0.1, 0.15) is 38.8 Å². The Morgan fingerprint density at radius 1 is 0.871 bits per heavy atom. The van der Waals surface area contributed by atoms with Gasteiger partial charge in [0.1, 0.15) is 5.75 Å². The minimum Gasteiger partial charge on any atom is -0.508 e. The molecule has 0 spiro atoms. The zero-order chi connectivity index (χ0) is 22.8. The molecule has 10 heteroatoms. The zero-order valence-electron chi connectivity index (χ0n) is 15.5. The van der Waals surface area contributed by atoms with E-state index in [9.17, 15) is 36.2 Å². The SMILES string of the molecule is O=C(NC(c1ccc(C(F)(F)F)cc1)c1ncccc1C(F)(F)F)c1ccc(O)cc1. The minimum atomic E-state index is -4.81. The first-order chi connectivity index (χ1) is 14.5. The number of nitrogens with zero attached hydrogens (tertiary/aromatic N) is 1. The maximum absolute atomic E-state index is 13.5. The van der Waals surface area contributed by atoms with E-state index >= 15 is 0 Å². The standard InChI is InChI=1S/C21H14F6N2O2/c22-20(23,24)14-7-3-12(4-8-14)17(18-16(21(25,26)27)2-1-11-28-18)29-19(31)13-5-9-15(30)10-6-13/h1-11,17,30H,(H,29,31). The van der Waals surface area contributed by atoms with E-state index in [4.69, 9.17) is 0 Å². The average molecular weight is 440 g/mol. The van der Waals surface area contributed by atoms with Crippen molar-refractivity contribution in [3.63, 3.8) is 0 Å². The first kappa shape index (κ1) is 22.1. The van der Waals surface area contributed by atoms with Gasteiger partial charge < -0.3 is 10.4 Å². The second-order valence-electron chi connectivity index (χ2n) is 6.51. The molecule has 1 aromatic heterocycles. The van der Waals surface area contributed by atoms with E-state index in [1.54, 1.807) is 0 Å². The third-order valence-electron chi connectivity index (χ3n) is 4.39. The molecule has 0 fully saturated rings. The number of hydrogen-bond donors (Lipinski definition) is 2. The third kappa shape index (κ3) is 5.14. The Morgan fingerprint density at radius 2 is 1.48 bits per heavy atom. The van der Waals surface area contributed by atoms with E-state index in [0.29, 0.717) is 12.1 Å². The predicted octanol–water partition coefficient (Wildman–Crippen LogP) is 5.34. The van der Waals surface area contributed by atoms with Gasteiger partial charge in [-0.2, -0.15) is 26.3 Å². The van der Waals surface area contributed by atoms with Gasteiger partial charge in [0.25, 0.3) is 5.91 Å². The van der Waals surface area contributed by atoms with Crippen LogP contribution >= 0.6 is 0 Å². The van der Waals surface area contributed by atoms with E-state index in [1.807, 2.05) is 0 Å². The van der Waals surface area contributed by atoms with Crippen molar-refractivity contribution in [2.45, 2.75) is 18.4 Å². The second-order valence-corrected chi connectivity index (χ2v) is 6.51. The van der Waals surface area contributed by atoms with E-state index in [0.717, 1.165) is 30.5 Å². The summed E-state index contributed by atoms with van der Waals surface area (Å²) in [5.74, 6) is -0.927. The second kappa shape index (κ2) is 8.29. The molecule has 0 radical (unpaired) electrons. The highest BCUT2D eigenvalue weighted by molar-refractivity contribution is 5.94. The van der Waals surface area contributed by atoms with Gasteiger partial charge in [-0.3, -0.25) is 9.78 Å². The van der Waals surface area contributed by atoms with E-state index < -0.39 is 41.1 Å². The van der Waals surface area contributed by atoms with Crippen LogP contribution in [0.4, 0.5) is 26.3 Å². The highest BCUT2D eigenvalue weighted by Gasteiger charge is 2.37. The Balaban J connectivity index is 2.07. The molecule has 0 saturated heterocycles. The molecule has 1 atom stereocenters. The number of nitrogens with one attached hydrogen (secondary N) is 1. The lowest BCUT2D eigenvalue weighted by Crippen LogP contribution is -2.31. The summed E-state index contributed by atoms with van der Waals surface area (Å²) in [4.78, 5) is 16.4. The van der Waals surface area contributed by atoms with Crippen LogP contribution in [0.5, 0.6) is 5.75 Å². The van der Waals surface area contributed by atoms with Crippen LogP contribution in [0, 0.1) is 0 Å². The number of aromatic hydroxyl groups is 1. The largest absolute Gasteiger partial charge is 0.508 e. The number of carbonyl (C=O) groups excluding carboxylic acids is 1. The first-order valence-corrected chi connectivity index (χ1v) is 8.76. The van der Waals surface area contributed by atoms with Crippen LogP contribution in [-0.2, 0) is 12.4 Å². The molecule has 3 rings (SSSR count). The summed E-state index contributed by atoms with van der Waals surface area (Å²) in [5.41, 5.74) is -2.69. The molecular weight excluding hydrogens is 426 g/mol. The molecule has 0 saturated carbocycles. The fraction of sp³-hybridized carbons (Fsp3) is 0.143. The fourth-order valence-corrected chi connectivity index (χ4v) is 2.89. The van der Waals surface area contributed by atoms with Crippen molar-refractivity contribution >= 4 is 5.91 Å². The lowest BCUT2D eigenvalue weighted by Gasteiger charge is -2.23. The first-order valence-electron chi connectivity index (χ1n) is 8.76. The van der Waals surface area contributed by atoms with Crippen molar-refractivity contribution in [1.29, 1.82) is 0 Å². The topological polar surface area (TPSA) is 62.2 Å². The highest BCUT2D eigenvalue weighted by atomic mass is 19.4. The highest BCUT2D eigenvalue weighted by Crippen LogP contribution is 2.36. The van der Waals surface area contributed by atoms with Crippen molar-refractivity contribution in [2.24, 2.45) is 0 Å². The molecule has 4 nitrogen and oxygen atoms in total. The molecule has 0 aliphatic heterocycles. The number of amides is 1. The number of aromatic nitrogens is 1. The van der Waals surface area contributed by atoms with Gasteiger partial charge in [-0.15, -0.1) is 0 Å². The monoisotopic (exact) mass is 440 g/mol. The Hall–Kier alpha value is -3.56. The Bertz CT molecular complexity index is 1060. The maximum atomic E-state index is 13.5. The number of pyridine rings is 1. The zero-order valence-corrected chi connectivity index (χ0v) is 15.5. The summed E-state index contributed by atoms with van der Waals surface area (Å²) < 4.78 is 79.2. The summed E-state index contributed by atoms with van der Waals surface area (Å²) in [5, 5.41) is 11.7. The van der Waals surface area contributed by atoms with Gasteiger partial charge in [0, 0.05) is 11.8 Å². The van der Waals surface area contributed by atoms with Crippen LogP contribution in [-0.4, -0.2) is 16.0 Å². The summed E-state index contributed by atoms with van der Waals surface area (Å²) in [6, 6.07) is 8.67. The number of benzene rings is 2. The molecule has 1 unspecified atom stereocenters. The van der Waals surface area contributed by atoms with Crippen molar-refractivity contribution < 1.29 is 36.2 Å². The molecule has 0 bridgehead atoms.